The monoisotopic (exact) mass is 325 g/mol. The van der Waals surface area contributed by atoms with Gasteiger partial charge in [0.05, 0.1) is 22.4 Å². The Hall–Kier alpha value is -0.350. The quantitative estimate of drug-likeness (QED) is 0.863. The number of nitrogens with one attached hydrogen (secondary N) is 1. The summed E-state index contributed by atoms with van der Waals surface area (Å²) in [6.07, 6.45) is 7.45. The van der Waals surface area contributed by atoms with Gasteiger partial charge in [0.2, 0.25) is 0 Å². The van der Waals surface area contributed by atoms with E-state index in [1.54, 1.807) is 0 Å². The fraction of sp³-hybridized carbons (Fsp3) is 0.800. The highest BCUT2D eigenvalue weighted by Crippen LogP contribution is 2.57. The van der Waals surface area contributed by atoms with Crippen LogP contribution in [0.25, 0.3) is 0 Å². The van der Waals surface area contributed by atoms with Gasteiger partial charge in [0.15, 0.2) is 0 Å². The maximum absolute atomic E-state index is 4.49. The molecule has 0 aromatic carbocycles. The molecular formula is C15H24BrN3. The third-order valence-electron chi connectivity index (χ3n) is 4.79. The van der Waals surface area contributed by atoms with E-state index in [2.05, 4.69) is 44.9 Å². The van der Waals surface area contributed by atoms with Gasteiger partial charge in [0.1, 0.15) is 0 Å². The number of hydrogen-bond acceptors (Lipinski definition) is 2. The first-order valence-corrected chi connectivity index (χ1v) is 8.48. The van der Waals surface area contributed by atoms with Crippen LogP contribution in [0.2, 0.25) is 0 Å². The van der Waals surface area contributed by atoms with Crippen molar-refractivity contribution in [2.45, 2.75) is 52.1 Å². The Bertz CT molecular complexity index is 433. The van der Waals surface area contributed by atoms with Crippen molar-refractivity contribution >= 4 is 15.9 Å². The Morgan fingerprint density at radius 1 is 1.37 bits per heavy atom. The maximum Gasteiger partial charge on any atom is 0.0698 e. The van der Waals surface area contributed by atoms with E-state index in [4.69, 9.17) is 0 Å². The van der Waals surface area contributed by atoms with Crippen molar-refractivity contribution in [3.8, 4) is 0 Å². The molecule has 2 aliphatic carbocycles. The molecule has 2 fully saturated rings. The molecule has 4 heteroatoms. The number of nitrogens with zero attached hydrogens (tertiary/aromatic N) is 2. The lowest BCUT2D eigenvalue weighted by Crippen LogP contribution is -2.31. The molecule has 3 rings (SSSR count). The van der Waals surface area contributed by atoms with Crippen LogP contribution in [-0.4, -0.2) is 16.3 Å². The zero-order valence-corrected chi connectivity index (χ0v) is 13.5. The number of aromatic nitrogens is 2. The fourth-order valence-corrected chi connectivity index (χ4v) is 4.30. The molecule has 0 radical (unpaired) electrons. The Kier molecular flexibility index (Phi) is 3.99. The molecule has 0 spiro atoms. The second kappa shape index (κ2) is 5.57. The lowest BCUT2D eigenvalue weighted by molar-refractivity contribution is 0.323. The molecule has 106 valence electrons. The van der Waals surface area contributed by atoms with Crippen LogP contribution in [0, 0.1) is 17.8 Å². The Morgan fingerprint density at radius 2 is 2.11 bits per heavy atom. The minimum absolute atomic E-state index is 0.476. The zero-order valence-electron chi connectivity index (χ0n) is 11.9. The smallest absolute Gasteiger partial charge is 0.0698 e. The summed E-state index contributed by atoms with van der Waals surface area (Å²) in [6.45, 7) is 6.46. The van der Waals surface area contributed by atoms with Crippen LogP contribution in [0.4, 0.5) is 0 Å². The van der Waals surface area contributed by atoms with Gasteiger partial charge in [-0.2, -0.15) is 5.10 Å². The van der Waals surface area contributed by atoms with Crippen molar-refractivity contribution in [1.82, 2.24) is 15.1 Å². The normalized spacial score (nSPS) is 30.4. The average molecular weight is 326 g/mol. The standard InChI is InChI=1S/C15H24BrN3/c1-3-5-17-14(12-7-10-6-11(10)8-12)15-13(16)9-18-19(15)4-2/h9-12,14,17H,3-8H2,1-2H3. The van der Waals surface area contributed by atoms with Crippen LogP contribution in [0.5, 0.6) is 0 Å². The summed E-state index contributed by atoms with van der Waals surface area (Å²) in [5.74, 6) is 2.87. The average Bonchev–Trinajstić information content (AvgIpc) is 2.85. The van der Waals surface area contributed by atoms with E-state index >= 15 is 0 Å². The van der Waals surface area contributed by atoms with E-state index in [9.17, 15) is 0 Å². The van der Waals surface area contributed by atoms with Crippen molar-refractivity contribution in [3.63, 3.8) is 0 Å². The van der Waals surface area contributed by atoms with Crippen molar-refractivity contribution in [1.29, 1.82) is 0 Å². The summed E-state index contributed by atoms with van der Waals surface area (Å²) in [5, 5.41) is 8.27. The highest BCUT2D eigenvalue weighted by molar-refractivity contribution is 9.10. The van der Waals surface area contributed by atoms with Crippen molar-refractivity contribution in [3.05, 3.63) is 16.4 Å². The molecule has 1 heterocycles. The topological polar surface area (TPSA) is 29.9 Å². The fourth-order valence-electron chi connectivity index (χ4n) is 3.75. The first-order valence-electron chi connectivity index (χ1n) is 7.69. The SMILES string of the molecule is CCCNC(c1c(Br)cnn1CC)C1CC2CC2C1. The highest BCUT2D eigenvalue weighted by Gasteiger charge is 2.48. The molecule has 1 aromatic rings. The minimum Gasteiger partial charge on any atom is -0.308 e. The molecule has 3 unspecified atom stereocenters. The predicted octanol–water partition coefficient (Wildman–Crippen LogP) is 3.75. The summed E-state index contributed by atoms with van der Waals surface area (Å²) >= 11 is 3.70. The molecule has 3 nitrogen and oxygen atoms in total. The van der Waals surface area contributed by atoms with Crippen LogP contribution in [-0.2, 0) is 6.54 Å². The van der Waals surface area contributed by atoms with Crippen LogP contribution in [0.1, 0.15) is 51.3 Å². The van der Waals surface area contributed by atoms with Gasteiger partial charge < -0.3 is 5.32 Å². The molecule has 0 aliphatic heterocycles. The van der Waals surface area contributed by atoms with E-state index in [0.29, 0.717) is 6.04 Å². The molecule has 0 saturated heterocycles. The number of hydrogen-bond donors (Lipinski definition) is 1. The van der Waals surface area contributed by atoms with Gasteiger partial charge in [-0.05, 0) is 72.8 Å². The third kappa shape index (κ3) is 2.62. The minimum atomic E-state index is 0.476. The summed E-state index contributed by atoms with van der Waals surface area (Å²) in [7, 11) is 0. The largest absolute Gasteiger partial charge is 0.308 e. The van der Waals surface area contributed by atoms with Crippen molar-refractivity contribution in [2.24, 2.45) is 17.8 Å². The summed E-state index contributed by atoms with van der Waals surface area (Å²) < 4.78 is 3.32. The Balaban J connectivity index is 1.82. The highest BCUT2D eigenvalue weighted by atomic mass is 79.9. The van der Waals surface area contributed by atoms with Gasteiger partial charge in [0, 0.05) is 6.54 Å². The predicted molar refractivity (Wildman–Crippen MR) is 81.0 cm³/mol. The number of aryl methyl sites for hydroxylation is 1. The zero-order chi connectivity index (χ0) is 13.4. The molecule has 2 saturated carbocycles. The molecule has 0 bridgehead atoms. The molecule has 1 aromatic heterocycles. The second-order valence-corrected chi connectivity index (χ2v) is 6.97. The van der Waals surface area contributed by atoms with E-state index in [1.165, 1.54) is 35.8 Å². The molecular weight excluding hydrogens is 302 g/mol. The van der Waals surface area contributed by atoms with Gasteiger partial charge in [-0.15, -0.1) is 0 Å². The second-order valence-electron chi connectivity index (χ2n) is 6.11. The van der Waals surface area contributed by atoms with E-state index < -0.39 is 0 Å². The number of fused-ring (bicyclic) bond motifs is 1. The first-order chi connectivity index (χ1) is 9.24. The molecule has 2 aliphatic rings. The van der Waals surface area contributed by atoms with Gasteiger partial charge in [-0.1, -0.05) is 6.92 Å². The van der Waals surface area contributed by atoms with E-state index in [0.717, 1.165) is 30.8 Å². The number of halogens is 1. The van der Waals surface area contributed by atoms with E-state index in [1.807, 2.05) is 6.20 Å². The summed E-state index contributed by atoms with van der Waals surface area (Å²) in [4.78, 5) is 0. The van der Waals surface area contributed by atoms with Crippen LogP contribution in [0.15, 0.2) is 10.7 Å². The lowest BCUT2D eigenvalue weighted by atomic mass is 9.92. The molecule has 19 heavy (non-hydrogen) atoms. The molecule has 1 N–H and O–H groups in total. The van der Waals surface area contributed by atoms with Crippen molar-refractivity contribution in [2.75, 3.05) is 6.54 Å². The van der Waals surface area contributed by atoms with Crippen LogP contribution in [0.3, 0.4) is 0 Å². The van der Waals surface area contributed by atoms with E-state index in [-0.39, 0.29) is 0 Å². The van der Waals surface area contributed by atoms with Crippen LogP contribution < -0.4 is 5.32 Å². The van der Waals surface area contributed by atoms with Gasteiger partial charge in [-0.3, -0.25) is 4.68 Å². The summed E-state index contributed by atoms with van der Waals surface area (Å²) in [5.41, 5.74) is 1.36. The molecule has 3 atom stereocenters. The first kappa shape index (κ1) is 13.6. The van der Waals surface area contributed by atoms with Gasteiger partial charge in [-0.25, -0.2) is 0 Å². The van der Waals surface area contributed by atoms with Crippen molar-refractivity contribution < 1.29 is 0 Å². The summed E-state index contributed by atoms with van der Waals surface area (Å²) in [6, 6.07) is 0.476. The lowest BCUT2D eigenvalue weighted by Gasteiger charge is -2.27. The van der Waals surface area contributed by atoms with Gasteiger partial charge in [0.25, 0.3) is 0 Å². The molecule has 0 amide bonds. The Morgan fingerprint density at radius 3 is 2.74 bits per heavy atom. The number of rotatable bonds is 6. The van der Waals surface area contributed by atoms with Crippen LogP contribution >= 0.6 is 15.9 Å². The Labute approximate surface area is 124 Å². The maximum atomic E-state index is 4.49. The van der Waals surface area contributed by atoms with Gasteiger partial charge >= 0.3 is 0 Å². The third-order valence-corrected chi connectivity index (χ3v) is 5.40.